The molecule has 0 saturated carbocycles. The Balaban J connectivity index is 0.000000256. The number of nitrogens with zero attached hydrogens (tertiary/aromatic N) is 3. The van der Waals surface area contributed by atoms with E-state index in [0.29, 0.717) is 0 Å². The minimum absolute atomic E-state index is 0.805. The Hall–Kier alpha value is -3.51. The first-order chi connectivity index (χ1) is 17.0. The van der Waals surface area contributed by atoms with Gasteiger partial charge in [0, 0.05) is 24.6 Å². The molecule has 0 unspecified atom stereocenters. The van der Waals surface area contributed by atoms with Gasteiger partial charge in [0.2, 0.25) is 0 Å². The normalized spacial score (nSPS) is 13.2. The Morgan fingerprint density at radius 2 is 1.94 bits per heavy atom. The standard InChI is InChI=1S/C19H29N5.C10H8O/c1-6-9-14(2)16(4)17-12-18(21-11-8-7-10-20-5)24-19(23-17)15(3)13-22-24;11-7-8-5-9-3-1-2-4-10(9)6-8/h6,9,12-13,20-21H,7-8,10-11H2,1-5H3;1-5,7H,6H2/b9-6-,16-14+;. The van der Waals surface area contributed by atoms with E-state index in [0.717, 1.165) is 66.9 Å². The van der Waals surface area contributed by atoms with E-state index in [9.17, 15) is 4.79 Å². The molecule has 184 valence electrons. The van der Waals surface area contributed by atoms with E-state index in [-0.39, 0.29) is 0 Å². The first kappa shape index (κ1) is 26.1. The Kier molecular flexibility index (Phi) is 9.56. The number of carbonyl (C=O) groups excluding carboxylic acids is 1. The van der Waals surface area contributed by atoms with E-state index < -0.39 is 0 Å². The maximum atomic E-state index is 10.4. The van der Waals surface area contributed by atoms with Gasteiger partial charge in [-0.1, -0.05) is 36.4 Å². The molecule has 2 N–H and O–H groups in total. The molecule has 0 bridgehead atoms. The summed E-state index contributed by atoms with van der Waals surface area (Å²) in [4.78, 5) is 15.2. The average Bonchev–Trinajstić information content (AvgIpc) is 3.47. The molecule has 1 aliphatic rings. The fraction of sp³-hybridized carbons (Fsp3) is 0.345. The summed E-state index contributed by atoms with van der Waals surface area (Å²) in [6.07, 6.45) is 12.0. The van der Waals surface area contributed by atoms with Gasteiger partial charge in [0.15, 0.2) is 5.65 Å². The molecular weight excluding hydrogens is 434 g/mol. The zero-order valence-corrected chi connectivity index (χ0v) is 21.6. The van der Waals surface area contributed by atoms with Gasteiger partial charge in [0.25, 0.3) is 0 Å². The van der Waals surface area contributed by atoms with E-state index in [2.05, 4.69) is 53.9 Å². The summed E-state index contributed by atoms with van der Waals surface area (Å²) >= 11 is 0. The molecule has 4 rings (SSSR count). The lowest BCUT2D eigenvalue weighted by atomic mass is 10.1. The van der Waals surface area contributed by atoms with E-state index in [1.807, 2.05) is 55.9 Å². The van der Waals surface area contributed by atoms with Crippen LogP contribution in [0.25, 0.3) is 17.3 Å². The predicted octanol–water partition coefficient (Wildman–Crippen LogP) is 5.64. The van der Waals surface area contributed by atoms with Crippen molar-refractivity contribution in [3.63, 3.8) is 0 Å². The van der Waals surface area contributed by atoms with Crippen LogP contribution in [0.1, 0.15) is 56.0 Å². The third-order valence-corrected chi connectivity index (χ3v) is 6.14. The Bertz CT molecular complexity index is 1250. The second-order valence-corrected chi connectivity index (χ2v) is 8.85. The van der Waals surface area contributed by atoms with Gasteiger partial charge in [0.1, 0.15) is 12.1 Å². The molecule has 0 atom stereocenters. The number of anilines is 1. The van der Waals surface area contributed by atoms with Gasteiger partial charge < -0.3 is 10.6 Å². The molecule has 6 nitrogen and oxygen atoms in total. The number of fused-ring (bicyclic) bond motifs is 2. The monoisotopic (exact) mass is 471 g/mol. The highest BCUT2D eigenvalue weighted by atomic mass is 16.1. The summed E-state index contributed by atoms with van der Waals surface area (Å²) in [5, 5.41) is 11.2. The van der Waals surface area contributed by atoms with Crippen LogP contribution < -0.4 is 10.6 Å². The van der Waals surface area contributed by atoms with Crippen molar-refractivity contribution in [2.45, 2.75) is 47.0 Å². The maximum Gasteiger partial charge on any atom is 0.160 e. The summed E-state index contributed by atoms with van der Waals surface area (Å²) < 4.78 is 1.90. The number of hydrogen-bond acceptors (Lipinski definition) is 5. The zero-order chi connectivity index (χ0) is 25.2. The largest absolute Gasteiger partial charge is 0.370 e. The molecule has 0 fully saturated rings. The number of aromatic nitrogens is 3. The van der Waals surface area contributed by atoms with Crippen LogP contribution in [-0.2, 0) is 11.2 Å². The molecule has 2 heterocycles. The third kappa shape index (κ3) is 6.76. The Labute approximate surface area is 208 Å². The lowest BCUT2D eigenvalue weighted by Crippen LogP contribution is -2.12. The van der Waals surface area contributed by atoms with Crippen molar-refractivity contribution in [1.29, 1.82) is 0 Å². The van der Waals surface area contributed by atoms with Crippen molar-refractivity contribution in [3.8, 4) is 0 Å². The van der Waals surface area contributed by atoms with Crippen LogP contribution in [0.3, 0.4) is 0 Å². The number of allylic oxidation sites excluding steroid dienone is 5. The Morgan fingerprint density at radius 3 is 2.66 bits per heavy atom. The number of unbranched alkanes of at least 4 members (excludes halogenated alkanes) is 1. The van der Waals surface area contributed by atoms with Crippen LogP contribution in [0.4, 0.5) is 5.82 Å². The summed E-state index contributed by atoms with van der Waals surface area (Å²) in [5.74, 6) is 1.00. The topological polar surface area (TPSA) is 71.3 Å². The van der Waals surface area contributed by atoms with Crippen molar-refractivity contribution in [3.05, 3.63) is 82.2 Å². The van der Waals surface area contributed by atoms with Gasteiger partial charge in [-0.25, -0.2) is 4.98 Å². The number of aryl methyl sites for hydroxylation is 1. The number of carbonyl (C=O) groups is 1. The second kappa shape index (κ2) is 12.8. The number of hydrogen-bond donors (Lipinski definition) is 2. The SMILES string of the molecule is C/C=C\C(C)=C(/C)c1cc(NCCCCNC)n2ncc(C)c2n1.O=CC1=Cc2ccccc2C1. The van der Waals surface area contributed by atoms with Crippen molar-refractivity contribution >= 4 is 29.4 Å². The molecule has 0 aliphatic heterocycles. The lowest BCUT2D eigenvalue weighted by molar-refractivity contribution is -0.104. The van der Waals surface area contributed by atoms with Gasteiger partial charge in [-0.3, -0.25) is 4.79 Å². The molecule has 3 aromatic rings. The van der Waals surface area contributed by atoms with E-state index in [1.165, 1.54) is 22.3 Å². The quantitative estimate of drug-likeness (QED) is 0.240. The Morgan fingerprint density at radius 1 is 1.17 bits per heavy atom. The fourth-order valence-corrected chi connectivity index (χ4v) is 3.99. The van der Waals surface area contributed by atoms with E-state index in [4.69, 9.17) is 4.98 Å². The first-order valence-corrected chi connectivity index (χ1v) is 12.3. The van der Waals surface area contributed by atoms with Crippen LogP contribution in [-0.4, -0.2) is 41.0 Å². The molecule has 0 saturated heterocycles. The van der Waals surface area contributed by atoms with Gasteiger partial charge in [-0.2, -0.15) is 9.61 Å². The number of aldehydes is 1. The summed E-state index contributed by atoms with van der Waals surface area (Å²) in [6.45, 7) is 10.3. The molecule has 0 spiro atoms. The van der Waals surface area contributed by atoms with Crippen LogP contribution in [0, 0.1) is 6.92 Å². The molecule has 35 heavy (non-hydrogen) atoms. The van der Waals surface area contributed by atoms with Crippen molar-refractivity contribution < 1.29 is 4.79 Å². The number of rotatable bonds is 9. The van der Waals surface area contributed by atoms with Crippen molar-refractivity contribution in [2.75, 3.05) is 25.5 Å². The van der Waals surface area contributed by atoms with Gasteiger partial charge >= 0.3 is 0 Å². The molecule has 0 radical (unpaired) electrons. The third-order valence-electron chi connectivity index (χ3n) is 6.14. The second-order valence-electron chi connectivity index (χ2n) is 8.85. The fourth-order valence-electron chi connectivity index (χ4n) is 3.99. The molecule has 1 aliphatic carbocycles. The molecule has 1 aromatic carbocycles. The highest BCUT2D eigenvalue weighted by molar-refractivity contribution is 5.86. The van der Waals surface area contributed by atoms with Crippen LogP contribution in [0.5, 0.6) is 0 Å². The zero-order valence-electron chi connectivity index (χ0n) is 21.6. The summed E-state index contributed by atoms with van der Waals surface area (Å²) in [5.41, 5.74) is 8.75. The number of nitrogens with one attached hydrogen (secondary N) is 2. The molecule has 6 heteroatoms. The van der Waals surface area contributed by atoms with E-state index in [1.54, 1.807) is 0 Å². The smallest absolute Gasteiger partial charge is 0.160 e. The molecule has 0 amide bonds. The van der Waals surface area contributed by atoms with Crippen LogP contribution >= 0.6 is 0 Å². The minimum atomic E-state index is 0.805. The predicted molar refractivity (Wildman–Crippen MR) is 147 cm³/mol. The van der Waals surface area contributed by atoms with Crippen LogP contribution in [0.2, 0.25) is 0 Å². The summed E-state index contributed by atoms with van der Waals surface area (Å²) in [6, 6.07) is 10.2. The van der Waals surface area contributed by atoms with Gasteiger partial charge in [-0.05, 0) is 88.1 Å². The minimum Gasteiger partial charge on any atom is -0.370 e. The van der Waals surface area contributed by atoms with Gasteiger partial charge in [-0.15, -0.1) is 0 Å². The van der Waals surface area contributed by atoms with E-state index >= 15 is 0 Å². The number of benzene rings is 1. The first-order valence-electron chi connectivity index (χ1n) is 12.3. The van der Waals surface area contributed by atoms with Crippen molar-refractivity contribution in [1.82, 2.24) is 19.9 Å². The van der Waals surface area contributed by atoms with Crippen LogP contribution in [0.15, 0.2) is 59.8 Å². The maximum absolute atomic E-state index is 10.4. The lowest BCUT2D eigenvalue weighted by Gasteiger charge is -2.12. The van der Waals surface area contributed by atoms with Gasteiger partial charge in [0.05, 0.1) is 11.9 Å². The highest BCUT2D eigenvalue weighted by Crippen LogP contribution is 2.24. The molecule has 2 aromatic heterocycles. The summed E-state index contributed by atoms with van der Waals surface area (Å²) in [7, 11) is 1.99. The average molecular weight is 472 g/mol. The van der Waals surface area contributed by atoms with Crippen molar-refractivity contribution in [2.24, 2.45) is 0 Å². The highest BCUT2D eigenvalue weighted by Gasteiger charge is 2.11. The molecular formula is C29H37N5O.